The molecule has 1 rings (SSSR count). The Hall–Kier alpha value is -1.95. The molecule has 1 aromatic carbocycles. The van der Waals surface area contributed by atoms with E-state index in [9.17, 15) is 4.79 Å². The summed E-state index contributed by atoms with van der Waals surface area (Å²) in [4.78, 5) is 11.8. The molecule has 0 spiro atoms. The molecule has 0 aliphatic carbocycles. The Bertz CT molecular complexity index is 509. The van der Waals surface area contributed by atoms with Gasteiger partial charge < -0.3 is 21.6 Å². The number of amides is 2. The van der Waals surface area contributed by atoms with Crippen LogP contribution in [0.4, 0.5) is 10.5 Å². The molecule has 0 heterocycles. The van der Waals surface area contributed by atoms with Gasteiger partial charge in [-0.25, -0.2) is 4.79 Å². The summed E-state index contributed by atoms with van der Waals surface area (Å²) in [5.74, 6) is -0.109. The number of nitrogens with zero attached hydrogens (tertiary/aromatic N) is 1. The maximum absolute atomic E-state index is 11.8. The topological polar surface area (TPSA) is 99.7 Å². The molecule has 104 valence electrons. The molecule has 1 aromatic rings. The Kier molecular flexibility index (Phi) is 4.61. The maximum atomic E-state index is 11.8. The Labute approximate surface area is 116 Å². The lowest BCUT2D eigenvalue weighted by Crippen LogP contribution is -2.43. The first-order valence-electron chi connectivity index (χ1n) is 5.59. The van der Waals surface area contributed by atoms with Gasteiger partial charge >= 0.3 is 6.03 Å². The minimum Gasteiger partial charge on any atom is -0.409 e. The van der Waals surface area contributed by atoms with Gasteiger partial charge in [0, 0.05) is 16.1 Å². The van der Waals surface area contributed by atoms with E-state index in [1.807, 2.05) is 20.8 Å². The van der Waals surface area contributed by atoms with Gasteiger partial charge in [-0.05, 0) is 39.0 Å². The normalized spacial score (nSPS) is 12.1. The fourth-order valence-electron chi connectivity index (χ4n) is 1.39. The lowest BCUT2D eigenvalue weighted by molar-refractivity contribution is 0.244. The molecule has 0 aliphatic heterocycles. The molecule has 0 radical (unpaired) electrons. The summed E-state index contributed by atoms with van der Waals surface area (Å²) >= 11 is 5.87. The Morgan fingerprint density at radius 3 is 2.58 bits per heavy atom. The van der Waals surface area contributed by atoms with Crippen molar-refractivity contribution in [1.29, 1.82) is 0 Å². The maximum Gasteiger partial charge on any atom is 0.319 e. The number of amidine groups is 1. The van der Waals surface area contributed by atoms with E-state index in [1.165, 1.54) is 6.07 Å². The van der Waals surface area contributed by atoms with E-state index in [0.717, 1.165) is 0 Å². The number of carbonyl (C=O) groups excluding carboxylic acids is 1. The van der Waals surface area contributed by atoms with E-state index in [1.54, 1.807) is 12.1 Å². The van der Waals surface area contributed by atoms with Gasteiger partial charge in [0.1, 0.15) is 0 Å². The number of urea groups is 1. The minimum absolute atomic E-state index is 0.109. The third kappa shape index (κ3) is 4.67. The van der Waals surface area contributed by atoms with Gasteiger partial charge in [-0.1, -0.05) is 16.8 Å². The number of halogens is 1. The van der Waals surface area contributed by atoms with Crippen LogP contribution in [-0.2, 0) is 0 Å². The summed E-state index contributed by atoms with van der Waals surface area (Å²) in [6.07, 6.45) is 0. The molecule has 0 unspecified atom stereocenters. The third-order valence-corrected chi connectivity index (χ3v) is 2.34. The van der Waals surface area contributed by atoms with Crippen LogP contribution in [0.1, 0.15) is 26.3 Å². The van der Waals surface area contributed by atoms with Gasteiger partial charge in [-0.3, -0.25) is 0 Å². The van der Waals surface area contributed by atoms with E-state index in [0.29, 0.717) is 16.3 Å². The molecule has 7 heteroatoms. The lowest BCUT2D eigenvalue weighted by Gasteiger charge is -2.21. The number of anilines is 1. The molecule has 5 N–H and O–H groups in total. The summed E-state index contributed by atoms with van der Waals surface area (Å²) in [6, 6.07) is 4.27. The number of hydrogen-bond acceptors (Lipinski definition) is 3. The largest absolute Gasteiger partial charge is 0.409 e. The van der Waals surface area contributed by atoms with Gasteiger partial charge in [0.05, 0.1) is 5.69 Å². The number of hydrogen-bond donors (Lipinski definition) is 4. The highest BCUT2D eigenvalue weighted by Gasteiger charge is 2.16. The second-order valence-corrected chi connectivity index (χ2v) is 5.44. The first-order valence-corrected chi connectivity index (χ1v) is 5.97. The molecule has 6 nitrogen and oxygen atoms in total. The smallest absolute Gasteiger partial charge is 0.319 e. The van der Waals surface area contributed by atoms with Crippen molar-refractivity contribution in [3.05, 3.63) is 28.8 Å². The molecule has 0 saturated carbocycles. The molecule has 0 bridgehead atoms. The van der Waals surface area contributed by atoms with Crippen molar-refractivity contribution >= 4 is 29.2 Å². The van der Waals surface area contributed by atoms with Crippen LogP contribution < -0.4 is 16.4 Å². The van der Waals surface area contributed by atoms with Crippen molar-refractivity contribution in [3.63, 3.8) is 0 Å². The number of carbonyl (C=O) groups is 1. The van der Waals surface area contributed by atoms with Gasteiger partial charge in [-0.2, -0.15) is 0 Å². The SMILES string of the molecule is CC(C)(C)NC(=O)Nc1cc(Cl)ccc1C(N)=NO. The Balaban J connectivity index is 3.00. The molecule has 2 amide bonds. The zero-order chi connectivity index (χ0) is 14.6. The number of nitrogens with one attached hydrogen (secondary N) is 2. The van der Waals surface area contributed by atoms with E-state index < -0.39 is 6.03 Å². The van der Waals surface area contributed by atoms with Crippen molar-refractivity contribution in [2.45, 2.75) is 26.3 Å². The Morgan fingerprint density at radius 1 is 1.42 bits per heavy atom. The predicted molar refractivity (Wildman–Crippen MR) is 75.9 cm³/mol. The number of nitrogens with two attached hydrogens (primary N) is 1. The van der Waals surface area contributed by atoms with Gasteiger partial charge in [0.15, 0.2) is 5.84 Å². The van der Waals surface area contributed by atoms with Crippen LogP contribution in [0, 0.1) is 0 Å². The summed E-state index contributed by atoms with van der Waals surface area (Å²) in [6.45, 7) is 5.57. The van der Waals surface area contributed by atoms with E-state index in [2.05, 4.69) is 15.8 Å². The van der Waals surface area contributed by atoms with Crippen LogP contribution in [-0.4, -0.2) is 22.6 Å². The van der Waals surface area contributed by atoms with E-state index in [4.69, 9.17) is 22.5 Å². The number of oxime groups is 1. The van der Waals surface area contributed by atoms with Gasteiger partial charge in [0.25, 0.3) is 0 Å². The van der Waals surface area contributed by atoms with Gasteiger partial charge in [0.2, 0.25) is 0 Å². The average Bonchev–Trinajstić information content (AvgIpc) is 2.25. The summed E-state index contributed by atoms with van der Waals surface area (Å²) in [5.41, 5.74) is 5.91. The summed E-state index contributed by atoms with van der Waals surface area (Å²) in [5, 5.41) is 17.4. The first kappa shape index (κ1) is 15.1. The van der Waals surface area contributed by atoms with Crippen LogP contribution in [0.25, 0.3) is 0 Å². The van der Waals surface area contributed by atoms with Crippen molar-refractivity contribution in [3.8, 4) is 0 Å². The molecule has 0 atom stereocenters. The van der Waals surface area contributed by atoms with E-state index >= 15 is 0 Å². The zero-order valence-electron chi connectivity index (χ0n) is 11.0. The second-order valence-electron chi connectivity index (χ2n) is 5.00. The lowest BCUT2D eigenvalue weighted by atomic mass is 10.1. The molecular formula is C12H17ClN4O2. The van der Waals surface area contributed by atoms with Crippen molar-refractivity contribution in [1.82, 2.24) is 5.32 Å². The predicted octanol–water partition coefficient (Wildman–Crippen LogP) is 2.35. The van der Waals surface area contributed by atoms with Crippen LogP contribution in [0.5, 0.6) is 0 Å². The van der Waals surface area contributed by atoms with E-state index in [-0.39, 0.29) is 11.4 Å². The number of benzene rings is 1. The monoisotopic (exact) mass is 284 g/mol. The van der Waals surface area contributed by atoms with Gasteiger partial charge in [-0.15, -0.1) is 0 Å². The quantitative estimate of drug-likeness (QED) is 0.290. The highest BCUT2D eigenvalue weighted by Crippen LogP contribution is 2.21. The first-order chi connectivity index (χ1) is 8.73. The molecule has 0 fully saturated rings. The van der Waals surface area contributed by atoms with Crippen molar-refractivity contribution in [2.24, 2.45) is 10.9 Å². The molecule has 19 heavy (non-hydrogen) atoms. The second kappa shape index (κ2) is 5.79. The average molecular weight is 285 g/mol. The fraction of sp³-hybridized carbons (Fsp3) is 0.333. The third-order valence-electron chi connectivity index (χ3n) is 2.10. The molecule has 0 aromatic heterocycles. The number of rotatable bonds is 2. The minimum atomic E-state index is -0.401. The summed E-state index contributed by atoms with van der Waals surface area (Å²) in [7, 11) is 0. The molecule has 0 saturated heterocycles. The van der Waals surface area contributed by atoms with Crippen molar-refractivity contribution in [2.75, 3.05) is 5.32 Å². The molecule has 0 aliphatic rings. The van der Waals surface area contributed by atoms with Crippen LogP contribution in [0.15, 0.2) is 23.4 Å². The van der Waals surface area contributed by atoms with Crippen LogP contribution in [0.3, 0.4) is 0 Å². The van der Waals surface area contributed by atoms with Crippen molar-refractivity contribution < 1.29 is 10.0 Å². The highest BCUT2D eigenvalue weighted by molar-refractivity contribution is 6.31. The van der Waals surface area contributed by atoms with Crippen LogP contribution in [0.2, 0.25) is 5.02 Å². The standard InChI is InChI=1S/C12H17ClN4O2/c1-12(2,3)16-11(18)15-9-6-7(13)4-5-8(9)10(14)17-19/h4-6,19H,1-3H3,(H2,14,17)(H2,15,16,18). The summed E-state index contributed by atoms with van der Waals surface area (Å²) < 4.78 is 0. The fourth-order valence-corrected chi connectivity index (χ4v) is 1.56. The highest BCUT2D eigenvalue weighted by atomic mass is 35.5. The zero-order valence-corrected chi connectivity index (χ0v) is 11.7. The molecular weight excluding hydrogens is 268 g/mol. The Morgan fingerprint density at radius 2 is 2.05 bits per heavy atom. The van der Waals surface area contributed by atoms with Crippen LogP contribution >= 0.6 is 11.6 Å².